The maximum absolute atomic E-state index is 14.8. The van der Waals surface area contributed by atoms with Crippen LogP contribution < -0.4 is 10.6 Å². The SMILES string of the molecule is CCCCCCSc1ccc(C(C)(C)C)cc1NC(=O)C(C1C(=O)OC(C)(C)C1=O)C1Nc2ccccc2S(=O)(=O)N1CCCOCCCC. The van der Waals surface area contributed by atoms with Gasteiger partial charge in [-0.25, -0.2) is 8.42 Å². The lowest BCUT2D eigenvalue weighted by atomic mass is 9.82. The highest BCUT2D eigenvalue weighted by atomic mass is 32.2. The molecule has 3 unspecified atom stereocenters. The fourth-order valence-electron chi connectivity index (χ4n) is 6.30. The van der Waals surface area contributed by atoms with E-state index in [2.05, 4.69) is 51.3 Å². The number of para-hydroxylation sites is 1. The first-order valence-corrected chi connectivity index (χ1v) is 20.4. The zero-order valence-corrected chi connectivity index (χ0v) is 32.3. The molecule has 1 saturated heterocycles. The van der Waals surface area contributed by atoms with E-state index in [1.54, 1.807) is 30.0 Å². The van der Waals surface area contributed by atoms with Gasteiger partial charge in [0.25, 0.3) is 0 Å². The van der Waals surface area contributed by atoms with Crippen LogP contribution in [0.3, 0.4) is 0 Å². The Bertz CT molecular complexity index is 1620. The molecule has 0 aliphatic carbocycles. The Morgan fingerprint density at radius 1 is 1.02 bits per heavy atom. The van der Waals surface area contributed by atoms with Crippen molar-refractivity contribution in [3.05, 3.63) is 48.0 Å². The van der Waals surface area contributed by atoms with Crippen LogP contribution in [-0.4, -0.2) is 67.7 Å². The van der Waals surface area contributed by atoms with Crippen molar-refractivity contribution in [2.24, 2.45) is 11.8 Å². The van der Waals surface area contributed by atoms with E-state index in [-0.39, 0.29) is 16.9 Å². The molecule has 0 bridgehead atoms. The zero-order valence-electron chi connectivity index (χ0n) is 30.7. The van der Waals surface area contributed by atoms with Gasteiger partial charge in [0.15, 0.2) is 11.4 Å². The standard InChI is InChI=1S/C38H55N3O7S2/c1-8-10-12-15-24-49-29-20-19-26(37(3,4)5)25-28(29)40-35(43)32(31-33(42)38(6,7)48-36(31)44)34-39-27-17-13-14-18-30(27)50(45,46)41(34)21-16-23-47-22-11-9-2/h13-14,17-20,25,31-32,34,39H,8-12,15-16,21-24H2,1-7H3,(H,40,43). The second-order valence-electron chi connectivity index (χ2n) is 14.7. The smallest absolute Gasteiger partial charge is 0.318 e. The lowest BCUT2D eigenvalue weighted by molar-refractivity contribution is -0.151. The number of carbonyl (C=O) groups is 3. The number of fused-ring (bicyclic) bond motifs is 1. The second kappa shape index (κ2) is 17.1. The van der Waals surface area contributed by atoms with Crippen molar-refractivity contribution in [2.75, 3.05) is 36.1 Å². The third-order valence-corrected chi connectivity index (χ3v) is 12.3. The number of cyclic esters (lactones) is 1. The number of hydrogen-bond donors (Lipinski definition) is 2. The van der Waals surface area contributed by atoms with Crippen LogP contribution in [0.25, 0.3) is 0 Å². The minimum atomic E-state index is -4.16. The molecule has 0 spiro atoms. The van der Waals surface area contributed by atoms with Gasteiger partial charge in [0.05, 0.1) is 17.3 Å². The minimum Gasteiger partial charge on any atom is -0.451 e. The summed E-state index contributed by atoms with van der Waals surface area (Å²) < 4.78 is 41.0. The number of amides is 1. The van der Waals surface area contributed by atoms with Crippen LogP contribution in [0.4, 0.5) is 11.4 Å². The summed E-state index contributed by atoms with van der Waals surface area (Å²) in [5.74, 6) is -4.21. The molecule has 50 heavy (non-hydrogen) atoms. The summed E-state index contributed by atoms with van der Waals surface area (Å²) >= 11 is 1.64. The summed E-state index contributed by atoms with van der Waals surface area (Å²) in [6.45, 7) is 14.3. The predicted molar refractivity (Wildman–Crippen MR) is 199 cm³/mol. The average molecular weight is 730 g/mol. The van der Waals surface area contributed by atoms with Crippen molar-refractivity contribution < 1.29 is 32.3 Å². The highest BCUT2D eigenvalue weighted by molar-refractivity contribution is 7.99. The van der Waals surface area contributed by atoms with Gasteiger partial charge in [0, 0.05) is 24.7 Å². The Balaban J connectivity index is 1.78. The number of benzene rings is 2. The number of nitrogens with one attached hydrogen (secondary N) is 2. The van der Waals surface area contributed by atoms with Crippen LogP contribution in [0, 0.1) is 11.8 Å². The molecule has 0 radical (unpaired) electrons. The summed E-state index contributed by atoms with van der Waals surface area (Å²) in [7, 11) is -4.16. The number of esters is 1. The Labute approximate surface area is 302 Å². The molecule has 276 valence electrons. The van der Waals surface area contributed by atoms with Crippen LogP contribution >= 0.6 is 11.8 Å². The van der Waals surface area contributed by atoms with E-state index in [0.29, 0.717) is 31.0 Å². The third-order valence-electron chi connectivity index (χ3n) is 9.24. The van der Waals surface area contributed by atoms with Gasteiger partial charge in [-0.05, 0) is 74.1 Å². The Hall–Kier alpha value is -2.93. The molecule has 0 saturated carbocycles. The molecule has 2 aromatic rings. The van der Waals surface area contributed by atoms with Crippen molar-refractivity contribution in [3.8, 4) is 0 Å². The van der Waals surface area contributed by atoms with Crippen molar-refractivity contribution in [1.82, 2.24) is 4.31 Å². The monoisotopic (exact) mass is 729 g/mol. The molecule has 2 N–H and O–H groups in total. The van der Waals surface area contributed by atoms with Crippen molar-refractivity contribution in [3.63, 3.8) is 0 Å². The van der Waals surface area contributed by atoms with E-state index in [4.69, 9.17) is 9.47 Å². The number of ether oxygens (including phenoxy) is 2. The van der Waals surface area contributed by atoms with Crippen LogP contribution in [-0.2, 0) is 39.3 Å². The normalized spacial score (nSPS) is 20.5. The highest BCUT2D eigenvalue weighted by Crippen LogP contribution is 2.41. The van der Waals surface area contributed by atoms with E-state index in [9.17, 15) is 22.8 Å². The maximum atomic E-state index is 14.8. The van der Waals surface area contributed by atoms with E-state index >= 15 is 0 Å². The summed E-state index contributed by atoms with van der Waals surface area (Å²) in [6.07, 6.45) is 5.35. The third kappa shape index (κ3) is 9.29. The molecule has 4 rings (SSSR count). The van der Waals surface area contributed by atoms with Gasteiger partial charge in [-0.1, -0.05) is 78.5 Å². The molecule has 3 atom stereocenters. The molecule has 2 aliphatic heterocycles. The predicted octanol–water partition coefficient (Wildman–Crippen LogP) is 7.38. The molecule has 2 aliphatic rings. The van der Waals surface area contributed by atoms with Gasteiger partial charge in [-0.15, -0.1) is 11.8 Å². The molecular formula is C38H55N3O7S2. The molecular weight excluding hydrogens is 675 g/mol. The number of rotatable bonds is 17. The molecule has 2 aromatic carbocycles. The minimum absolute atomic E-state index is 0.00195. The first kappa shape index (κ1) is 39.8. The first-order chi connectivity index (χ1) is 23.6. The molecule has 0 aromatic heterocycles. The molecule has 12 heteroatoms. The van der Waals surface area contributed by atoms with Crippen molar-refractivity contribution in [2.45, 2.75) is 120 Å². The van der Waals surface area contributed by atoms with Gasteiger partial charge in [0.2, 0.25) is 15.9 Å². The van der Waals surface area contributed by atoms with Gasteiger partial charge in [-0.2, -0.15) is 4.31 Å². The number of nitrogens with zero attached hydrogens (tertiary/aromatic N) is 1. The maximum Gasteiger partial charge on any atom is 0.318 e. The summed E-state index contributed by atoms with van der Waals surface area (Å²) in [5.41, 5.74) is 0.143. The van der Waals surface area contributed by atoms with E-state index in [0.717, 1.165) is 54.7 Å². The average Bonchev–Trinajstić information content (AvgIpc) is 3.25. The number of Topliss-reactive ketones (excluding diaryl/α,β-unsaturated/α-hetero) is 1. The summed E-state index contributed by atoms with van der Waals surface area (Å²) in [5, 5.41) is 6.33. The number of hydrogen-bond acceptors (Lipinski definition) is 9. The van der Waals surface area contributed by atoms with Crippen molar-refractivity contribution >= 4 is 50.8 Å². The van der Waals surface area contributed by atoms with Gasteiger partial charge < -0.3 is 20.1 Å². The summed E-state index contributed by atoms with van der Waals surface area (Å²) in [6, 6.07) is 12.5. The van der Waals surface area contributed by atoms with Crippen molar-refractivity contribution in [1.29, 1.82) is 0 Å². The molecule has 1 amide bonds. The van der Waals surface area contributed by atoms with Crippen LogP contribution in [0.2, 0.25) is 0 Å². The summed E-state index contributed by atoms with van der Waals surface area (Å²) in [4.78, 5) is 43.1. The fraction of sp³-hybridized carbons (Fsp3) is 0.605. The van der Waals surface area contributed by atoms with E-state index in [1.165, 1.54) is 24.2 Å². The van der Waals surface area contributed by atoms with Gasteiger partial charge >= 0.3 is 5.97 Å². The number of sulfonamides is 1. The lowest BCUT2D eigenvalue weighted by Gasteiger charge is -2.41. The fourth-order valence-corrected chi connectivity index (χ4v) is 9.06. The number of thioether (sulfide) groups is 1. The molecule has 10 nitrogen and oxygen atoms in total. The quantitative estimate of drug-likeness (QED) is 0.0741. The first-order valence-electron chi connectivity index (χ1n) is 17.9. The highest BCUT2D eigenvalue weighted by Gasteiger charge is 2.58. The lowest BCUT2D eigenvalue weighted by Crippen LogP contribution is -2.58. The Kier molecular flexibility index (Phi) is 13.6. The van der Waals surface area contributed by atoms with Gasteiger partial charge in [-0.3, -0.25) is 14.4 Å². The number of anilines is 2. The number of ketones is 1. The number of carbonyl (C=O) groups excluding carboxylic acids is 3. The Morgan fingerprint density at radius 2 is 1.72 bits per heavy atom. The topological polar surface area (TPSA) is 131 Å². The van der Waals surface area contributed by atoms with Crippen LogP contribution in [0.5, 0.6) is 0 Å². The van der Waals surface area contributed by atoms with E-state index < -0.39 is 51.3 Å². The largest absolute Gasteiger partial charge is 0.451 e. The van der Waals surface area contributed by atoms with E-state index in [1.807, 2.05) is 12.1 Å². The van der Waals surface area contributed by atoms with Crippen LogP contribution in [0.15, 0.2) is 52.3 Å². The molecule has 1 fully saturated rings. The Morgan fingerprint density at radius 3 is 2.38 bits per heavy atom. The number of unbranched alkanes of at least 4 members (excludes halogenated alkanes) is 4. The van der Waals surface area contributed by atoms with Crippen LogP contribution in [0.1, 0.15) is 99.0 Å². The van der Waals surface area contributed by atoms with Gasteiger partial charge in [0.1, 0.15) is 17.0 Å². The molecule has 2 heterocycles. The second-order valence-corrected chi connectivity index (χ2v) is 17.7. The zero-order chi connectivity index (χ0) is 36.7.